The molecule has 144 valence electrons. The Kier molecular flexibility index (Phi) is 6.96. The fourth-order valence-electron chi connectivity index (χ4n) is 3.39. The van der Waals surface area contributed by atoms with Crippen molar-refractivity contribution in [1.29, 1.82) is 0 Å². The second-order valence-electron chi connectivity index (χ2n) is 7.05. The van der Waals surface area contributed by atoms with Crippen LogP contribution in [0.4, 0.5) is 10.5 Å². The maximum absolute atomic E-state index is 12.1. The monoisotopic (exact) mass is 386 g/mol. The number of urea groups is 1. The van der Waals surface area contributed by atoms with Crippen LogP contribution in [0, 0.1) is 0 Å². The maximum Gasteiger partial charge on any atom is 0.315 e. The Bertz CT molecular complexity index is 723. The molecule has 2 aromatic rings. The number of carbonyl (C=O) groups is 1. The van der Waals surface area contributed by atoms with Gasteiger partial charge in [-0.2, -0.15) is 0 Å². The molecule has 0 aromatic heterocycles. The molecule has 2 amide bonds. The highest BCUT2D eigenvalue weighted by atomic mass is 35.5. The van der Waals surface area contributed by atoms with Gasteiger partial charge in [-0.1, -0.05) is 41.9 Å². The van der Waals surface area contributed by atoms with Crippen molar-refractivity contribution in [3.63, 3.8) is 0 Å². The first-order valence-corrected chi connectivity index (χ1v) is 9.82. The van der Waals surface area contributed by atoms with E-state index in [9.17, 15) is 4.79 Å². The lowest BCUT2D eigenvalue weighted by Crippen LogP contribution is -2.44. The Morgan fingerprint density at radius 1 is 1.19 bits per heavy atom. The lowest BCUT2D eigenvalue weighted by molar-refractivity contribution is 0.237. The molecule has 2 unspecified atom stereocenters. The fraction of sp³-hybridized carbons (Fsp3) is 0.381. The van der Waals surface area contributed by atoms with Gasteiger partial charge in [-0.3, -0.25) is 0 Å². The first kappa shape index (κ1) is 19.5. The lowest BCUT2D eigenvalue weighted by atomic mass is 10.0. The molecule has 0 spiro atoms. The van der Waals surface area contributed by atoms with E-state index >= 15 is 0 Å². The van der Waals surface area contributed by atoms with Gasteiger partial charge in [0.1, 0.15) is 0 Å². The number of amides is 2. The van der Waals surface area contributed by atoms with Gasteiger partial charge in [0, 0.05) is 42.4 Å². The predicted molar refractivity (Wildman–Crippen MR) is 111 cm³/mol. The quantitative estimate of drug-likeness (QED) is 0.684. The standard InChI is InChI=1S/C21H27ClN4O/c22-17-6-8-20(9-7-17)26-13-11-19(15-26)25-21(27)24-12-10-18(23)14-16-4-2-1-3-5-16/h1-9,18-19H,10-15,23H2,(H2,24,25,27). The SMILES string of the molecule is NC(CCNC(=O)NC1CCN(c2ccc(Cl)cc2)C1)Cc1ccccc1. The molecular formula is C21H27ClN4O. The molecule has 2 aromatic carbocycles. The number of hydrogen-bond acceptors (Lipinski definition) is 3. The van der Waals surface area contributed by atoms with Crippen LogP contribution in [0.1, 0.15) is 18.4 Å². The maximum atomic E-state index is 12.1. The number of nitrogens with one attached hydrogen (secondary N) is 2. The van der Waals surface area contributed by atoms with Crippen molar-refractivity contribution in [3.8, 4) is 0 Å². The average molecular weight is 387 g/mol. The summed E-state index contributed by atoms with van der Waals surface area (Å²) in [5.41, 5.74) is 8.52. The van der Waals surface area contributed by atoms with Gasteiger partial charge in [0.25, 0.3) is 0 Å². The van der Waals surface area contributed by atoms with Crippen LogP contribution in [0.3, 0.4) is 0 Å². The van der Waals surface area contributed by atoms with Gasteiger partial charge < -0.3 is 21.3 Å². The van der Waals surface area contributed by atoms with Crippen molar-refractivity contribution in [1.82, 2.24) is 10.6 Å². The Labute approximate surface area is 165 Å². The molecule has 6 heteroatoms. The van der Waals surface area contributed by atoms with Crippen LogP contribution in [0.5, 0.6) is 0 Å². The van der Waals surface area contributed by atoms with E-state index in [1.165, 1.54) is 5.56 Å². The molecule has 1 aliphatic rings. The molecule has 0 aliphatic carbocycles. The molecule has 0 radical (unpaired) electrons. The van der Waals surface area contributed by atoms with E-state index in [0.29, 0.717) is 6.54 Å². The summed E-state index contributed by atoms with van der Waals surface area (Å²) in [5, 5.41) is 6.71. The minimum Gasteiger partial charge on any atom is -0.369 e. The number of nitrogens with two attached hydrogens (primary N) is 1. The zero-order valence-electron chi connectivity index (χ0n) is 15.4. The normalized spacial score (nSPS) is 17.6. The van der Waals surface area contributed by atoms with Crippen molar-refractivity contribution >= 4 is 23.3 Å². The smallest absolute Gasteiger partial charge is 0.315 e. The third-order valence-electron chi connectivity index (χ3n) is 4.86. The Hall–Kier alpha value is -2.24. The second-order valence-corrected chi connectivity index (χ2v) is 7.48. The molecule has 2 atom stereocenters. The van der Waals surface area contributed by atoms with Crippen LogP contribution in [-0.4, -0.2) is 37.7 Å². The molecule has 1 fully saturated rings. The number of carbonyl (C=O) groups excluding carboxylic acids is 1. The van der Waals surface area contributed by atoms with Gasteiger partial charge >= 0.3 is 6.03 Å². The number of anilines is 1. The topological polar surface area (TPSA) is 70.4 Å². The van der Waals surface area contributed by atoms with Gasteiger partial charge in [-0.25, -0.2) is 4.79 Å². The van der Waals surface area contributed by atoms with Gasteiger partial charge in [-0.15, -0.1) is 0 Å². The highest BCUT2D eigenvalue weighted by Gasteiger charge is 2.24. The Balaban J connectivity index is 1.34. The van der Waals surface area contributed by atoms with E-state index in [-0.39, 0.29) is 18.1 Å². The van der Waals surface area contributed by atoms with Crippen molar-refractivity contribution in [2.45, 2.75) is 31.3 Å². The zero-order valence-corrected chi connectivity index (χ0v) is 16.2. The summed E-state index contributed by atoms with van der Waals surface area (Å²) in [6.07, 6.45) is 2.51. The zero-order chi connectivity index (χ0) is 19.1. The van der Waals surface area contributed by atoms with Crippen LogP contribution in [-0.2, 0) is 6.42 Å². The highest BCUT2D eigenvalue weighted by Crippen LogP contribution is 2.22. The molecule has 0 saturated carbocycles. The first-order valence-electron chi connectivity index (χ1n) is 9.44. The Morgan fingerprint density at radius 3 is 2.67 bits per heavy atom. The number of hydrogen-bond donors (Lipinski definition) is 3. The summed E-state index contributed by atoms with van der Waals surface area (Å²) < 4.78 is 0. The number of halogens is 1. The summed E-state index contributed by atoms with van der Waals surface area (Å²) in [6.45, 7) is 2.31. The van der Waals surface area contributed by atoms with E-state index in [0.717, 1.165) is 43.1 Å². The minimum atomic E-state index is -0.120. The van der Waals surface area contributed by atoms with Crippen LogP contribution >= 0.6 is 11.6 Å². The molecule has 0 bridgehead atoms. The summed E-state index contributed by atoms with van der Waals surface area (Å²) in [5.74, 6) is 0. The predicted octanol–water partition coefficient (Wildman–Crippen LogP) is 3.18. The minimum absolute atomic E-state index is 0.0413. The lowest BCUT2D eigenvalue weighted by Gasteiger charge is -2.19. The van der Waals surface area contributed by atoms with E-state index in [1.807, 2.05) is 42.5 Å². The third kappa shape index (κ3) is 6.15. The van der Waals surface area contributed by atoms with Crippen molar-refractivity contribution in [3.05, 3.63) is 65.2 Å². The molecule has 27 heavy (non-hydrogen) atoms. The molecule has 1 heterocycles. The van der Waals surface area contributed by atoms with Crippen LogP contribution in [0.2, 0.25) is 5.02 Å². The van der Waals surface area contributed by atoms with Crippen LogP contribution < -0.4 is 21.3 Å². The number of benzene rings is 2. The van der Waals surface area contributed by atoms with Crippen molar-refractivity contribution in [2.24, 2.45) is 5.73 Å². The van der Waals surface area contributed by atoms with Gasteiger partial charge in [-0.05, 0) is 49.1 Å². The number of nitrogens with zero attached hydrogens (tertiary/aromatic N) is 1. The molecule has 5 nitrogen and oxygen atoms in total. The van der Waals surface area contributed by atoms with Gasteiger partial charge in [0.15, 0.2) is 0 Å². The average Bonchev–Trinajstić information content (AvgIpc) is 3.11. The molecular weight excluding hydrogens is 360 g/mol. The van der Waals surface area contributed by atoms with E-state index in [2.05, 4.69) is 27.7 Å². The van der Waals surface area contributed by atoms with Gasteiger partial charge in [0.05, 0.1) is 0 Å². The largest absolute Gasteiger partial charge is 0.369 e. The highest BCUT2D eigenvalue weighted by molar-refractivity contribution is 6.30. The molecule has 4 N–H and O–H groups in total. The van der Waals surface area contributed by atoms with Gasteiger partial charge in [0.2, 0.25) is 0 Å². The second kappa shape index (κ2) is 9.62. The first-order chi connectivity index (χ1) is 13.1. The Morgan fingerprint density at radius 2 is 1.93 bits per heavy atom. The third-order valence-corrected chi connectivity index (χ3v) is 5.11. The van der Waals surface area contributed by atoms with Crippen molar-refractivity contribution in [2.75, 3.05) is 24.5 Å². The number of rotatable bonds is 7. The molecule has 3 rings (SSSR count). The molecule has 1 aliphatic heterocycles. The van der Waals surface area contributed by atoms with E-state index in [4.69, 9.17) is 17.3 Å². The van der Waals surface area contributed by atoms with Crippen LogP contribution in [0.25, 0.3) is 0 Å². The van der Waals surface area contributed by atoms with E-state index < -0.39 is 0 Å². The molecule has 1 saturated heterocycles. The summed E-state index contributed by atoms with van der Waals surface area (Å²) in [7, 11) is 0. The summed E-state index contributed by atoms with van der Waals surface area (Å²) in [6, 6.07) is 18.1. The van der Waals surface area contributed by atoms with Crippen LogP contribution in [0.15, 0.2) is 54.6 Å². The van der Waals surface area contributed by atoms with Crippen molar-refractivity contribution < 1.29 is 4.79 Å². The summed E-state index contributed by atoms with van der Waals surface area (Å²) >= 11 is 5.94. The fourth-order valence-corrected chi connectivity index (χ4v) is 3.52. The van der Waals surface area contributed by atoms with E-state index in [1.54, 1.807) is 0 Å². The summed E-state index contributed by atoms with van der Waals surface area (Å²) in [4.78, 5) is 14.4.